The van der Waals surface area contributed by atoms with Gasteiger partial charge in [-0.2, -0.15) is 0 Å². The number of halogens is 1. The predicted octanol–water partition coefficient (Wildman–Crippen LogP) is 3.46. The van der Waals surface area contributed by atoms with Gasteiger partial charge in [0.25, 0.3) is 0 Å². The minimum atomic E-state index is -0.769. The monoisotopic (exact) mass is 268 g/mol. The van der Waals surface area contributed by atoms with E-state index in [0.717, 1.165) is 23.3 Å². The van der Waals surface area contributed by atoms with Crippen LogP contribution in [0.1, 0.15) is 37.8 Å². The quantitative estimate of drug-likeness (QED) is 0.910. The lowest BCUT2D eigenvalue weighted by atomic mass is 9.99. The van der Waals surface area contributed by atoms with Crippen molar-refractivity contribution in [1.82, 2.24) is 0 Å². The molecule has 0 fully saturated rings. The summed E-state index contributed by atoms with van der Waals surface area (Å²) in [6.45, 7) is 4.09. The van der Waals surface area contributed by atoms with Crippen molar-refractivity contribution in [2.75, 3.05) is 0 Å². The number of hydrogen-bond acceptors (Lipinski definition) is 2. The van der Waals surface area contributed by atoms with Crippen molar-refractivity contribution in [2.24, 2.45) is 0 Å². The normalized spacial score (nSPS) is 16.2. The van der Waals surface area contributed by atoms with E-state index in [0.29, 0.717) is 17.9 Å². The summed E-state index contributed by atoms with van der Waals surface area (Å²) < 4.78 is 5.93. The summed E-state index contributed by atoms with van der Waals surface area (Å²) in [6.07, 6.45) is 2.30. The zero-order chi connectivity index (χ0) is 13.3. The lowest BCUT2D eigenvalue weighted by Gasteiger charge is -2.18. The van der Waals surface area contributed by atoms with Gasteiger partial charge in [-0.05, 0) is 49.9 Å². The molecule has 1 N–H and O–H groups in total. The third kappa shape index (κ3) is 2.96. The van der Waals surface area contributed by atoms with Crippen LogP contribution in [-0.2, 0) is 17.6 Å². The largest absolute Gasteiger partial charge is 0.487 e. The van der Waals surface area contributed by atoms with Gasteiger partial charge in [0.15, 0.2) is 0 Å². The third-order valence-corrected chi connectivity index (χ3v) is 3.26. The van der Waals surface area contributed by atoms with E-state index in [4.69, 9.17) is 21.4 Å². The number of carbonyl (C=O) groups is 1. The standard InChI is InChI=1S/C14H17ClO3/c1-14(2)8-10-7-11(15)6-9(13(10)18-14)4-3-5-12(16)17/h6-7H,3-5,8H2,1-2H3,(H,16,17). The highest BCUT2D eigenvalue weighted by Gasteiger charge is 2.31. The fourth-order valence-corrected chi connectivity index (χ4v) is 2.62. The molecule has 18 heavy (non-hydrogen) atoms. The number of carboxylic acid groups (broad SMARTS) is 1. The van der Waals surface area contributed by atoms with Crippen LogP contribution in [0.5, 0.6) is 5.75 Å². The van der Waals surface area contributed by atoms with Crippen LogP contribution >= 0.6 is 11.6 Å². The molecule has 0 atom stereocenters. The molecule has 1 aromatic rings. The van der Waals surface area contributed by atoms with Gasteiger partial charge in [-0.25, -0.2) is 0 Å². The summed E-state index contributed by atoms with van der Waals surface area (Å²) in [5, 5.41) is 9.36. The molecule has 1 aromatic carbocycles. The van der Waals surface area contributed by atoms with Crippen LogP contribution in [0.25, 0.3) is 0 Å². The first-order chi connectivity index (χ1) is 8.37. The van der Waals surface area contributed by atoms with Crippen molar-refractivity contribution in [3.63, 3.8) is 0 Å². The Morgan fingerprint density at radius 1 is 1.50 bits per heavy atom. The van der Waals surface area contributed by atoms with Gasteiger partial charge in [0, 0.05) is 17.9 Å². The minimum absolute atomic E-state index is 0.171. The fourth-order valence-electron chi connectivity index (χ4n) is 2.36. The van der Waals surface area contributed by atoms with Crippen LogP contribution < -0.4 is 4.74 Å². The molecule has 2 rings (SSSR count). The fraction of sp³-hybridized carbons (Fsp3) is 0.500. The molecule has 0 amide bonds. The number of ether oxygens (including phenoxy) is 1. The third-order valence-electron chi connectivity index (χ3n) is 3.04. The zero-order valence-electron chi connectivity index (χ0n) is 10.6. The maximum Gasteiger partial charge on any atom is 0.303 e. The molecule has 1 aliphatic heterocycles. The maximum atomic E-state index is 10.5. The Balaban J connectivity index is 2.19. The van der Waals surface area contributed by atoms with Gasteiger partial charge >= 0.3 is 5.97 Å². The smallest absolute Gasteiger partial charge is 0.303 e. The second-order valence-corrected chi connectivity index (χ2v) is 5.78. The molecule has 1 aliphatic rings. The molecule has 0 aromatic heterocycles. The van der Waals surface area contributed by atoms with E-state index in [-0.39, 0.29) is 12.0 Å². The van der Waals surface area contributed by atoms with Crippen molar-refractivity contribution in [1.29, 1.82) is 0 Å². The summed E-state index contributed by atoms with van der Waals surface area (Å²) in [5.41, 5.74) is 1.94. The highest BCUT2D eigenvalue weighted by molar-refractivity contribution is 6.30. The molecule has 0 spiro atoms. The lowest BCUT2D eigenvalue weighted by Crippen LogP contribution is -2.24. The molecule has 3 nitrogen and oxygen atoms in total. The molecule has 98 valence electrons. The predicted molar refractivity (Wildman–Crippen MR) is 70.4 cm³/mol. The molecule has 1 heterocycles. The molecule has 0 aliphatic carbocycles. The van der Waals surface area contributed by atoms with Crippen molar-refractivity contribution < 1.29 is 14.6 Å². The van der Waals surface area contributed by atoms with Gasteiger partial charge < -0.3 is 9.84 Å². The van der Waals surface area contributed by atoms with Crippen LogP contribution in [-0.4, -0.2) is 16.7 Å². The van der Waals surface area contributed by atoms with Gasteiger partial charge in [0.1, 0.15) is 11.4 Å². The number of aliphatic carboxylic acids is 1. The average Bonchev–Trinajstić information content (AvgIpc) is 2.51. The molecule has 0 saturated carbocycles. The van der Waals surface area contributed by atoms with E-state index < -0.39 is 5.97 Å². The maximum absolute atomic E-state index is 10.5. The van der Waals surface area contributed by atoms with E-state index in [1.54, 1.807) is 0 Å². The van der Waals surface area contributed by atoms with Gasteiger partial charge in [-0.15, -0.1) is 0 Å². The van der Waals surface area contributed by atoms with E-state index in [1.165, 1.54) is 0 Å². The topological polar surface area (TPSA) is 46.5 Å². The molecule has 4 heteroatoms. The van der Waals surface area contributed by atoms with Crippen molar-refractivity contribution in [3.8, 4) is 5.75 Å². The van der Waals surface area contributed by atoms with Crippen LogP contribution in [0.3, 0.4) is 0 Å². The summed E-state index contributed by atoms with van der Waals surface area (Å²) in [6, 6.07) is 3.82. The number of benzene rings is 1. The Morgan fingerprint density at radius 2 is 2.22 bits per heavy atom. The number of aryl methyl sites for hydroxylation is 1. The van der Waals surface area contributed by atoms with Gasteiger partial charge in [-0.1, -0.05) is 11.6 Å². The van der Waals surface area contributed by atoms with Gasteiger partial charge in [0.2, 0.25) is 0 Å². The van der Waals surface area contributed by atoms with Crippen molar-refractivity contribution in [2.45, 2.75) is 45.1 Å². The second kappa shape index (κ2) is 4.81. The van der Waals surface area contributed by atoms with Crippen molar-refractivity contribution >= 4 is 17.6 Å². The lowest BCUT2D eigenvalue weighted by molar-refractivity contribution is -0.137. The first-order valence-electron chi connectivity index (χ1n) is 6.09. The number of rotatable bonds is 4. The minimum Gasteiger partial charge on any atom is -0.487 e. The summed E-state index contributed by atoms with van der Waals surface area (Å²) in [4.78, 5) is 10.5. The second-order valence-electron chi connectivity index (χ2n) is 5.34. The first-order valence-corrected chi connectivity index (χ1v) is 6.47. The highest BCUT2D eigenvalue weighted by Crippen LogP contribution is 2.40. The van der Waals surface area contributed by atoms with Crippen LogP contribution in [0, 0.1) is 0 Å². The average molecular weight is 269 g/mol. The summed E-state index contributed by atoms with van der Waals surface area (Å²) in [5.74, 6) is 0.129. The molecule has 0 unspecified atom stereocenters. The molecular formula is C14H17ClO3. The van der Waals surface area contributed by atoms with E-state index in [9.17, 15) is 4.79 Å². The van der Waals surface area contributed by atoms with E-state index in [2.05, 4.69) is 0 Å². The number of carboxylic acids is 1. The van der Waals surface area contributed by atoms with Crippen molar-refractivity contribution in [3.05, 3.63) is 28.3 Å². The van der Waals surface area contributed by atoms with Crippen LogP contribution in [0.4, 0.5) is 0 Å². The van der Waals surface area contributed by atoms with Gasteiger partial charge in [0.05, 0.1) is 0 Å². The Morgan fingerprint density at radius 3 is 2.89 bits per heavy atom. The van der Waals surface area contributed by atoms with E-state index in [1.807, 2.05) is 26.0 Å². The Kier molecular flexibility index (Phi) is 3.53. The Labute approximate surface area is 112 Å². The highest BCUT2D eigenvalue weighted by atomic mass is 35.5. The van der Waals surface area contributed by atoms with Crippen LogP contribution in [0.15, 0.2) is 12.1 Å². The first kappa shape index (κ1) is 13.2. The molecule has 0 saturated heterocycles. The number of fused-ring (bicyclic) bond motifs is 1. The van der Waals surface area contributed by atoms with Gasteiger partial charge in [-0.3, -0.25) is 4.79 Å². The molecule has 0 radical (unpaired) electrons. The molecule has 0 bridgehead atoms. The SMILES string of the molecule is CC1(C)Cc2cc(Cl)cc(CCCC(=O)O)c2O1. The summed E-state index contributed by atoms with van der Waals surface area (Å²) in [7, 11) is 0. The number of hydrogen-bond donors (Lipinski definition) is 1. The molecular weight excluding hydrogens is 252 g/mol. The summed E-state index contributed by atoms with van der Waals surface area (Å²) >= 11 is 6.09. The zero-order valence-corrected chi connectivity index (χ0v) is 11.4. The van der Waals surface area contributed by atoms with Crippen LogP contribution in [0.2, 0.25) is 5.02 Å². The Hall–Kier alpha value is -1.22. The van der Waals surface area contributed by atoms with E-state index >= 15 is 0 Å². The Bertz CT molecular complexity index is 480.